The van der Waals surface area contributed by atoms with Crippen LogP contribution in [0.25, 0.3) is 0 Å². The fourth-order valence-corrected chi connectivity index (χ4v) is 4.32. The van der Waals surface area contributed by atoms with Crippen molar-refractivity contribution in [2.24, 2.45) is 0 Å². The number of anilines is 1. The Bertz CT molecular complexity index is 945. The lowest BCUT2D eigenvalue weighted by Gasteiger charge is -2.32. The lowest BCUT2D eigenvalue weighted by molar-refractivity contribution is -0.385. The third-order valence-electron chi connectivity index (χ3n) is 4.79. The average molecular weight is 432 g/mol. The molecule has 9 heteroatoms. The first-order valence-electron chi connectivity index (χ1n) is 9.58. The summed E-state index contributed by atoms with van der Waals surface area (Å²) in [6.07, 6.45) is 0.601. The van der Waals surface area contributed by atoms with Crippen molar-refractivity contribution in [1.29, 1.82) is 0 Å². The van der Waals surface area contributed by atoms with Crippen molar-refractivity contribution in [3.05, 3.63) is 57.6 Å². The van der Waals surface area contributed by atoms with Gasteiger partial charge in [-0.15, -0.1) is 0 Å². The predicted octanol–water partition coefficient (Wildman–Crippen LogP) is 4.67. The SMILES string of the molecule is Cc1ccc([S+]([O-])CCCCOc2cc3c(cc2[N+](=O)[O-])NC(=O)OC3(C)C)cc1. The Labute approximate surface area is 177 Å². The van der Waals surface area contributed by atoms with Crippen LogP contribution in [0.2, 0.25) is 0 Å². The van der Waals surface area contributed by atoms with Gasteiger partial charge in [-0.25, -0.2) is 4.79 Å². The Morgan fingerprint density at radius 1 is 1.20 bits per heavy atom. The van der Waals surface area contributed by atoms with Gasteiger partial charge in [0.1, 0.15) is 11.4 Å². The van der Waals surface area contributed by atoms with Crippen LogP contribution >= 0.6 is 0 Å². The van der Waals surface area contributed by atoms with Crippen LogP contribution in [-0.2, 0) is 21.5 Å². The van der Waals surface area contributed by atoms with Crippen LogP contribution in [0.15, 0.2) is 41.3 Å². The molecule has 1 aliphatic heterocycles. The maximum atomic E-state index is 12.3. The molecule has 30 heavy (non-hydrogen) atoms. The molecule has 0 spiro atoms. The Balaban J connectivity index is 1.61. The number of carbonyl (C=O) groups excluding carboxylic acids is 1. The summed E-state index contributed by atoms with van der Waals surface area (Å²) >= 11 is -1.09. The van der Waals surface area contributed by atoms with Gasteiger partial charge < -0.3 is 14.0 Å². The molecular formula is C21H24N2O6S. The van der Waals surface area contributed by atoms with Gasteiger partial charge in [-0.1, -0.05) is 17.7 Å². The van der Waals surface area contributed by atoms with Crippen molar-refractivity contribution in [2.75, 3.05) is 17.7 Å². The van der Waals surface area contributed by atoms with E-state index in [9.17, 15) is 19.5 Å². The number of rotatable bonds is 8. The van der Waals surface area contributed by atoms with Gasteiger partial charge in [-0.2, -0.15) is 0 Å². The van der Waals surface area contributed by atoms with E-state index in [2.05, 4.69) is 5.32 Å². The number of nitro groups is 1. The van der Waals surface area contributed by atoms with E-state index >= 15 is 0 Å². The summed E-state index contributed by atoms with van der Waals surface area (Å²) in [5.74, 6) is 0.609. The standard InChI is InChI=1S/C21H24N2O6S/c1-14-6-8-15(9-7-14)30(27)11-5-4-10-28-19-12-16-17(13-18(19)23(25)26)22-20(24)29-21(16,2)3/h6-9,12-13H,4-5,10-11H2,1-3H3,(H,22,24). The minimum atomic E-state index is -1.09. The van der Waals surface area contributed by atoms with Crippen molar-refractivity contribution in [1.82, 2.24) is 0 Å². The summed E-state index contributed by atoms with van der Waals surface area (Å²) in [5.41, 5.74) is 0.890. The Kier molecular flexibility index (Phi) is 6.52. The number of fused-ring (bicyclic) bond motifs is 1. The van der Waals surface area contributed by atoms with Crippen LogP contribution in [0.3, 0.4) is 0 Å². The zero-order chi connectivity index (χ0) is 21.9. The maximum Gasteiger partial charge on any atom is 0.412 e. The minimum Gasteiger partial charge on any atom is -0.611 e. The molecule has 2 aromatic rings. The number of cyclic esters (lactones) is 1. The van der Waals surface area contributed by atoms with Crippen molar-refractivity contribution in [2.45, 2.75) is 44.1 Å². The van der Waals surface area contributed by atoms with Crippen molar-refractivity contribution in [3.63, 3.8) is 0 Å². The van der Waals surface area contributed by atoms with E-state index in [0.717, 1.165) is 10.5 Å². The maximum absolute atomic E-state index is 12.3. The van der Waals surface area contributed by atoms with E-state index in [4.69, 9.17) is 9.47 Å². The fourth-order valence-electron chi connectivity index (χ4n) is 3.18. The van der Waals surface area contributed by atoms with Crippen LogP contribution in [0.1, 0.15) is 37.8 Å². The molecule has 8 nitrogen and oxygen atoms in total. The zero-order valence-electron chi connectivity index (χ0n) is 17.1. The highest BCUT2D eigenvalue weighted by molar-refractivity contribution is 7.91. The molecule has 0 aliphatic carbocycles. The van der Waals surface area contributed by atoms with Gasteiger partial charge in [-0.3, -0.25) is 15.4 Å². The lowest BCUT2D eigenvalue weighted by atomic mass is 9.94. The first-order valence-corrected chi connectivity index (χ1v) is 10.9. The summed E-state index contributed by atoms with van der Waals surface area (Å²) in [4.78, 5) is 23.4. The summed E-state index contributed by atoms with van der Waals surface area (Å²) in [6, 6.07) is 10.4. The van der Waals surface area contributed by atoms with Gasteiger partial charge in [0.15, 0.2) is 10.6 Å². The number of amides is 1. The predicted molar refractivity (Wildman–Crippen MR) is 113 cm³/mol. The van der Waals surface area contributed by atoms with E-state index in [1.54, 1.807) is 13.8 Å². The quantitative estimate of drug-likeness (QED) is 0.281. The van der Waals surface area contributed by atoms with E-state index in [1.807, 2.05) is 31.2 Å². The number of hydrogen-bond acceptors (Lipinski definition) is 6. The van der Waals surface area contributed by atoms with E-state index in [1.165, 1.54) is 12.1 Å². The van der Waals surface area contributed by atoms with Crippen molar-refractivity contribution >= 4 is 28.6 Å². The van der Waals surface area contributed by atoms with E-state index < -0.39 is 27.8 Å². The molecule has 0 radical (unpaired) electrons. The molecule has 1 unspecified atom stereocenters. The molecule has 1 amide bonds. The number of carbonyl (C=O) groups is 1. The Morgan fingerprint density at radius 2 is 1.90 bits per heavy atom. The number of aryl methyl sites for hydroxylation is 1. The average Bonchev–Trinajstić information content (AvgIpc) is 2.67. The molecule has 160 valence electrons. The number of hydrogen-bond donors (Lipinski definition) is 1. The van der Waals surface area contributed by atoms with E-state index in [0.29, 0.717) is 29.8 Å². The lowest BCUT2D eigenvalue weighted by Crippen LogP contribution is -2.34. The van der Waals surface area contributed by atoms with Crippen LogP contribution in [-0.4, -0.2) is 27.9 Å². The van der Waals surface area contributed by atoms with Gasteiger partial charge in [0.05, 0.1) is 17.2 Å². The molecule has 2 aromatic carbocycles. The summed E-state index contributed by atoms with van der Waals surface area (Å²) < 4.78 is 23.3. The number of nitrogens with zero attached hydrogens (tertiary/aromatic N) is 1. The van der Waals surface area contributed by atoms with Crippen LogP contribution in [0, 0.1) is 17.0 Å². The highest BCUT2D eigenvalue weighted by atomic mass is 32.2. The molecule has 0 aromatic heterocycles. The highest BCUT2D eigenvalue weighted by Gasteiger charge is 2.36. The normalized spacial score (nSPS) is 15.5. The third-order valence-corrected chi connectivity index (χ3v) is 6.25. The number of ether oxygens (including phenoxy) is 2. The minimum absolute atomic E-state index is 0.117. The smallest absolute Gasteiger partial charge is 0.412 e. The monoisotopic (exact) mass is 432 g/mol. The molecule has 1 heterocycles. The second-order valence-electron chi connectivity index (χ2n) is 7.57. The van der Waals surface area contributed by atoms with Gasteiger partial charge >= 0.3 is 11.8 Å². The van der Waals surface area contributed by atoms with E-state index in [-0.39, 0.29) is 18.0 Å². The summed E-state index contributed by atoms with van der Waals surface area (Å²) in [7, 11) is 0. The highest BCUT2D eigenvalue weighted by Crippen LogP contribution is 2.42. The summed E-state index contributed by atoms with van der Waals surface area (Å²) in [5, 5.41) is 13.9. The number of unbranched alkanes of at least 4 members (excludes halogenated alkanes) is 1. The first-order chi connectivity index (χ1) is 14.2. The molecule has 0 saturated carbocycles. The molecule has 0 bridgehead atoms. The largest absolute Gasteiger partial charge is 0.611 e. The Hall–Kier alpha value is -2.78. The Morgan fingerprint density at radius 3 is 2.57 bits per heavy atom. The fraction of sp³-hybridized carbons (Fsp3) is 0.381. The molecule has 0 fully saturated rings. The number of nitro benzene ring substituents is 1. The first kappa shape index (κ1) is 21.9. The molecule has 3 rings (SSSR count). The topological polar surface area (TPSA) is 114 Å². The van der Waals surface area contributed by atoms with Gasteiger partial charge in [-0.05, 0) is 63.0 Å². The van der Waals surface area contributed by atoms with Gasteiger partial charge in [0.2, 0.25) is 0 Å². The van der Waals surface area contributed by atoms with Crippen LogP contribution in [0.5, 0.6) is 5.75 Å². The van der Waals surface area contributed by atoms with Crippen molar-refractivity contribution < 1.29 is 23.7 Å². The zero-order valence-corrected chi connectivity index (χ0v) is 17.9. The summed E-state index contributed by atoms with van der Waals surface area (Å²) in [6.45, 7) is 5.64. The third kappa shape index (κ3) is 5.03. The van der Waals surface area contributed by atoms with Gasteiger partial charge in [0.25, 0.3) is 0 Å². The molecule has 1 N–H and O–H groups in total. The van der Waals surface area contributed by atoms with Crippen LogP contribution in [0.4, 0.5) is 16.2 Å². The molecule has 1 aliphatic rings. The number of benzene rings is 2. The molecular weight excluding hydrogens is 408 g/mol. The second-order valence-corrected chi connectivity index (χ2v) is 9.14. The molecule has 0 saturated heterocycles. The number of nitrogens with one attached hydrogen (secondary N) is 1. The van der Waals surface area contributed by atoms with Gasteiger partial charge in [0, 0.05) is 11.6 Å². The van der Waals surface area contributed by atoms with Crippen LogP contribution < -0.4 is 10.1 Å². The second kappa shape index (κ2) is 8.93. The van der Waals surface area contributed by atoms with Crippen molar-refractivity contribution in [3.8, 4) is 5.75 Å². The molecule has 1 atom stereocenters.